The predicted octanol–water partition coefficient (Wildman–Crippen LogP) is 3.90. The second-order valence-electron chi connectivity index (χ2n) is 7.23. The van der Waals surface area contributed by atoms with E-state index in [1.807, 2.05) is 0 Å². The van der Waals surface area contributed by atoms with E-state index in [0.717, 1.165) is 0 Å². The number of sulfonamides is 1. The van der Waals surface area contributed by atoms with Gasteiger partial charge in [0, 0.05) is 16.4 Å². The Morgan fingerprint density at radius 3 is 2.36 bits per heavy atom. The zero-order valence-corrected chi connectivity index (χ0v) is 18.9. The van der Waals surface area contributed by atoms with Crippen LogP contribution >= 0.6 is 11.6 Å². The number of amides is 2. The van der Waals surface area contributed by atoms with Gasteiger partial charge in [-0.3, -0.25) is 19.2 Å². The van der Waals surface area contributed by atoms with Crippen LogP contribution in [0.3, 0.4) is 0 Å². The molecule has 2 N–H and O–H groups in total. The first-order valence-electron chi connectivity index (χ1n) is 10.0. The molecule has 0 atom stereocenters. The zero-order valence-electron chi connectivity index (χ0n) is 17.3. The highest BCUT2D eigenvalue weighted by Gasteiger charge is 2.25. The normalized spacial score (nSPS) is 13.5. The number of nitrogens with one attached hydrogen (secondary N) is 2. The zero-order chi connectivity index (χ0) is 23.4. The van der Waals surface area contributed by atoms with E-state index < -0.39 is 15.9 Å². The minimum atomic E-state index is -3.81. The summed E-state index contributed by atoms with van der Waals surface area (Å²) in [6.45, 7) is 0.0470. The van der Waals surface area contributed by atoms with Gasteiger partial charge in [0.1, 0.15) is 12.3 Å². The van der Waals surface area contributed by atoms with Crippen molar-refractivity contribution in [3.05, 3.63) is 77.8 Å². The van der Waals surface area contributed by atoms with Crippen molar-refractivity contribution in [3.8, 4) is 5.75 Å². The fraction of sp³-hybridized carbons (Fsp3) is 0.130. The Morgan fingerprint density at radius 1 is 0.970 bits per heavy atom. The minimum absolute atomic E-state index is 0.0317. The summed E-state index contributed by atoms with van der Waals surface area (Å²) in [6.07, 6.45) is 0.162. The van der Waals surface area contributed by atoms with Crippen LogP contribution in [0.4, 0.5) is 17.1 Å². The van der Waals surface area contributed by atoms with Gasteiger partial charge >= 0.3 is 0 Å². The molecule has 0 radical (unpaired) electrons. The number of hydrogen-bond donors (Lipinski definition) is 2. The van der Waals surface area contributed by atoms with Crippen LogP contribution in [0.2, 0.25) is 5.02 Å². The van der Waals surface area contributed by atoms with E-state index in [-0.39, 0.29) is 30.4 Å². The van der Waals surface area contributed by atoms with Crippen molar-refractivity contribution in [2.45, 2.75) is 11.3 Å². The van der Waals surface area contributed by atoms with Crippen molar-refractivity contribution in [1.29, 1.82) is 0 Å². The van der Waals surface area contributed by atoms with Gasteiger partial charge in [-0.1, -0.05) is 23.7 Å². The number of benzene rings is 3. The summed E-state index contributed by atoms with van der Waals surface area (Å²) >= 11 is 5.82. The van der Waals surface area contributed by atoms with Gasteiger partial charge in [0.15, 0.2) is 0 Å². The highest BCUT2D eigenvalue weighted by Crippen LogP contribution is 2.31. The molecule has 2 amide bonds. The molecule has 0 aromatic heterocycles. The highest BCUT2D eigenvalue weighted by molar-refractivity contribution is 7.92. The van der Waals surface area contributed by atoms with Crippen molar-refractivity contribution in [3.63, 3.8) is 0 Å². The SMILES string of the molecule is O=C(CN1C(=O)CCOc2ccccc21)Nc1ccc(S(=O)(=O)Nc2ccc(Cl)cc2)cc1. The molecule has 170 valence electrons. The Bertz CT molecular complexity index is 1280. The first kappa shape index (κ1) is 22.6. The number of rotatable bonds is 6. The van der Waals surface area contributed by atoms with Gasteiger partial charge in [-0.25, -0.2) is 8.42 Å². The molecule has 33 heavy (non-hydrogen) atoms. The van der Waals surface area contributed by atoms with Crippen molar-refractivity contribution < 1.29 is 22.7 Å². The Labute approximate surface area is 196 Å². The third kappa shape index (κ3) is 5.44. The third-order valence-electron chi connectivity index (χ3n) is 4.88. The van der Waals surface area contributed by atoms with Crippen LogP contribution in [0.1, 0.15) is 6.42 Å². The second kappa shape index (κ2) is 9.51. The Balaban J connectivity index is 1.43. The topological polar surface area (TPSA) is 105 Å². The van der Waals surface area contributed by atoms with Gasteiger partial charge < -0.3 is 10.1 Å². The van der Waals surface area contributed by atoms with Crippen LogP contribution in [-0.2, 0) is 19.6 Å². The maximum atomic E-state index is 12.6. The summed E-state index contributed by atoms with van der Waals surface area (Å²) in [5.74, 6) is -0.0985. The average molecular weight is 486 g/mol. The lowest BCUT2D eigenvalue weighted by molar-refractivity contribution is -0.121. The molecule has 0 saturated heterocycles. The van der Waals surface area contributed by atoms with Crippen LogP contribution < -0.4 is 19.7 Å². The molecular weight excluding hydrogens is 466 g/mol. The van der Waals surface area contributed by atoms with E-state index in [0.29, 0.717) is 27.8 Å². The molecule has 0 spiro atoms. The molecule has 1 heterocycles. The minimum Gasteiger partial charge on any atom is -0.491 e. The maximum absolute atomic E-state index is 12.6. The van der Waals surface area contributed by atoms with Gasteiger partial charge in [-0.15, -0.1) is 0 Å². The number of fused-ring (bicyclic) bond motifs is 1. The molecule has 10 heteroatoms. The quantitative estimate of drug-likeness (QED) is 0.551. The number of carbonyl (C=O) groups is 2. The predicted molar refractivity (Wildman–Crippen MR) is 126 cm³/mol. The fourth-order valence-electron chi connectivity index (χ4n) is 3.29. The molecular formula is C23H20ClN3O5S. The number of para-hydroxylation sites is 2. The highest BCUT2D eigenvalue weighted by atomic mass is 35.5. The lowest BCUT2D eigenvalue weighted by Crippen LogP contribution is -2.37. The molecule has 1 aliphatic rings. The summed E-state index contributed by atoms with van der Waals surface area (Å²) in [5.41, 5.74) is 1.31. The van der Waals surface area contributed by atoms with Crippen LogP contribution in [0.25, 0.3) is 0 Å². The first-order chi connectivity index (χ1) is 15.8. The number of nitrogens with zero attached hydrogens (tertiary/aromatic N) is 1. The van der Waals surface area contributed by atoms with Crippen LogP contribution in [-0.4, -0.2) is 33.4 Å². The van der Waals surface area contributed by atoms with Crippen molar-refractivity contribution in [1.82, 2.24) is 0 Å². The molecule has 0 bridgehead atoms. The summed E-state index contributed by atoms with van der Waals surface area (Å²) in [7, 11) is -3.81. The molecule has 8 nitrogen and oxygen atoms in total. The van der Waals surface area contributed by atoms with Crippen molar-refractivity contribution in [2.75, 3.05) is 28.1 Å². The van der Waals surface area contributed by atoms with Gasteiger partial charge in [0.05, 0.1) is 23.6 Å². The molecule has 4 rings (SSSR count). The number of ether oxygens (including phenoxy) is 1. The molecule has 0 saturated carbocycles. The number of carbonyl (C=O) groups excluding carboxylic acids is 2. The van der Waals surface area contributed by atoms with Crippen molar-refractivity contribution >= 4 is 50.5 Å². The van der Waals surface area contributed by atoms with E-state index in [1.165, 1.54) is 29.2 Å². The summed E-state index contributed by atoms with van der Waals surface area (Å²) in [6, 6.07) is 19.0. The number of hydrogen-bond acceptors (Lipinski definition) is 5. The largest absolute Gasteiger partial charge is 0.491 e. The smallest absolute Gasteiger partial charge is 0.261 e. The standard InChI is InChI=1S/C23H20ClN3O5S/c24-16-5-7-18(8-6-16)26-33(30,31)19-11-9-17(10-12-19)25-22(28)15-27-20-3-1-2-4-21(20)32-14-13-23(27)29/h1-12,26H,13-15H2,(H,25,28). The van der Waals surface area contributed by atoms with Gasteiger partial charge in [-0.2, -0.15) is 0 Å². The summed E-state index contributed by atoms with van der Waals surface area (Å²) in [4.78, 5) is 26.5. The monoisotopic (exact) mass is 485 g/mol. The fourth-order valence-corrected chi connectivity index (χ4v) is 4.47. The Hall–Kier alpha value is -3.56. The Morgan fingerprint density at radius 2 is 1.64 bits per heavy atom. The first-order valence-corrected chi connectivity index (χ1v) is 11.9. The lowest BCUT2D eigenvalue weighted by Gasteiger charge is -2.21. The lowest BCUT2D eigenvalue weighted by atomic mass is 10.2. The molecule has 3 aromatic carbocycles. The van der Waals surface area contributed by atoms with Crippen LogP contribution in [0.15, 0.2) is 77.7 Å². The van der Waals surface area contributed by atoms with Gasteiger partial charge in [-0.05, 0) is 60.7 Å². The van der Waals surface area contributed by atoms with E-state index in [4.69, 9.17) is 16.3 Å². The summed E-state index contributed by atoms with van der Waals surface area (Å²) < 4.78 is 33.2. The van der Waals surface area contributed by atoms with E-state index in [1.54, 1.807) is 48.5 Å². The average Bonchev–Trinajstić information content (AvgIpc) is 2.94. The van der Waals surface area contributed by atoms with Crippen molar-refractivity contribution in [2.24, 2.45) is 0 Å². The number of halogens is 1. The molecule has 0 unspecified atom stereocenters. The Kier molecular flexibility index (Phi) is 6.52. The summed E-state index contributed by atoms with van der Waals surface area (Å²) in [5, 5.41) is 3.19. The molecule has 0 aliphatic carbocycles. The molecule has 3 aromatic rings. The van der Waals surface area contributed by atoms with Crippen LogP contribution in [0, 0.1) is 0 Å². The van der Waals surface area contributed by atoms with Gasteiger partial charge in [0.2, 0.25) is 11.8 Å². The van der Waals surface area contributed by atoms with E-state index >= 15 is 0 Å². The van der Waals surface area contributed by atoms with Crippen LogP contribution in [0.5, 0.6) is 5.75 Å². The molecule has 1 aliphatic heterocycles. The van der Waals surface area contributed by atoms with Gasteiger partial charge in [0.25, 0.3) is 10.0 Å². The number of anilines is 3. The van der Waals surface area contributed by atoms with E-state index in [9.17, 15) is 18.0 Å². The maximum Gasteiger partial charge on any atom is 0.261 e. The van der Waals surface area contributed by atoms with E-state index in [2.05, 4.69) is 10.0 Å². The second-order valence-corrected chi connectivity index (χ2v) is 9.35. The third-order valence-corrected chi connectivity index (χ3v) is 6.53. The molecule has 0 fully saturated rings.